The van der Waals surface area contributed by atoms with Gasteiger partial charge in [-0.15, -0.1) is 0 Å². The Morgan fingerprint density at radius 2 is 2.26 bits per heavy atom. The number of aromatic amines is 1. The average Bonchev–Trinajstić information content (AvgIpc) is 2.95. The summed E-state index contributed by atoms with van der Waals surface area (Å²) in [6, 6.07) is 2.36. The van der Waals surface area contributed by atoms with Crippen LogP contribution in [-0.4, -0.2) is 20.6 Å². The van der Waals surface area contributed by atoms with Crippen LogP contribution in [0.15, 0.2) is 12.1 Å². The Morgan fingerprint density at radius 3 is 2.96 bits per heavy atom. The molecule has 1 aliphatic carbocycles. The normalized spacial score (nSPS) is 24.4. The molecule has 0 unspecified atom stereocenters. The molecule has 1 aromatic carbocycles. The van der Waals surface area contributed by atoms with Gasteiger partial charge in [0.2, 0.25) is 0 Å². The molecule has 0 amide bonds. The highest BCUT2D eigenvalue weighted by atomic mass is 35.5. The maximum atomic E-state index is 14.4. The molecule has 2 heterocycles. The second-order valence-corrected chi connectivity index (χ2v) is 6.88. The molecule has 0 spiro atoms. The summed E-state index contributed by atoms with van der Waals surface area (Å²) in [6.07, 6.45) is 0.361. The fourth-order valence-corrected chi connectivity index (χ4v) is 4.28. The number of imidazole rings is 1. The van der Waals surface area contributed by atoms with Crippen molar-refractivity contribution in [1.82, 2.24) is 9.55 Å². The molecule has 4 rings (SSSR count). The van der Waals surface area contributed by atoms with Crippen molar-refractivity contribution in [2.45, 2.75) is 30.7 Å². The van der Waals surface area contributed by atoms with Crippen molar-refractivity contribution < 1.29 is 18.7 Å². The Kier molecular flexibility index (Phi) is 2.99. The minimum atomic E-state index is -0.983. The Morgan fingerprint density at radius 1 is 1.52 bits per heavy atom. The van der Waals surface area contributed by atoms with Crippen LogP contribution < -0.4 is 0 Å². The number of nitrogens with zero attached hydrogens (tertiary/aromatic N) is 1. The van der Waals surface area contributed by atoms with Gasteiger partial charge in [0.25, 0.3) is 0 Å². The van der Waals surface area contributed by atoms with Crippen LogP contribution in [0.3, 0.4) is 0 Å². The van der Waals surface area contributed by atoms with Crippen molar-refractivity contribution in [3.8, 4) is 0 Å². The van der Waals surface area contributed by atoms with Crippen LogP contribution in [0.4, 0.5) is 8.78 Å². The predicted molar refractivity (Wildman–Crippen MR) is 81.4 cm³/mol. The molecule has 120 valence electrons. The summed E-state index contributed by atoms with van der Waals surface area (Å²) in [7, 11) is 0. The minimum absolute atomic E-state index is 0.0191. The first-order valence-corrected chi connectivity index (χ1v) is 7.81. The smallest absolute Gasteiger partial charge is 0.309 e. The predicted octanol–water partition coefficient (Wildman–Crippen LogP) is 3.54. The molecule has 2 N–H and O–H groups in total. The van der Waals surface area contributed by atoms with Crippen LogP contribution in [0.2, 0.25) is 5.02 Å². The van der Waals surface area contributed by atoms with Gasteiger partial charge in [-0.05, 0) is 30.8 Å². The van der Waals surface area contributed by atoms with E-state index in [1.807, 2.05) is 0 Å². The topological polar surface area (TPSA) is 58.0 Å². The molecule has 1 aromatic heterocycles. The van der Waals surface area contributed by atoms with Crippen molar-refractivity contribution in [2.75, 3.05) is 0 Å². The fourth-order valence-electron chi connectivity index (χ4n) is 3.83. The van der Waals surface area contributed by atoms with Crippen molar-refractivity contribution in [2.24, 2.45) is 0 Å². The molecule has 2 aliphatic rings. The highest BCUT2D eigenvalue weighted by Gasteiger charge is 2.64. The van der Waals surface area contributed by atoms with Crippen LogP contribution in [0.1, 0.15) is 29.3 Å². The number of carboxylic acid groups (broad SMARTS) is 1. The van der Waals surface area contributed by atoms with Crippen molar-refractivity contribution in [1.29, 1.82) is 0 Å². The summed E-state index contributed by atoms with van der Waals surface area (Å²) in [5, 5.41) is 8.90. The summed E-state index contributed by atoms with van der Waals surface area (Å²) in [5.74, 6) is -2.50. The maximum Gasteiger partial charge on any atom is 0.309 e. The summed E-state index contributed by atoms with van der Waals surface area (Å²) in [6.45, 7) is 0.329. The number of fused-ring (bicyclic) bond motifs is 3. The number of halogens is 3. The van der Waals surface area contributed by atoms with E-state index in [2.05, 4.69) is 4.98 Å². The van der Waals surface area contributed by atoms with E-state index in [-0.39, 0.29) is 22.9 Å². The highest BCUT2D eigenvalue weighted by molar-refractivity contribution is 7.71. The SMILES string of the molecule is O=C(O)Cc1[nH]c(=S)n2c1[C@@H]1C[C@]1(c1c(F)ccc(Cl)c1F)C2. The number of hydrogen-bond acceptors (Lipinski definition) is 2. The van der Waals surface area contributed by atoms with E-state index < -0.39 is 23.0 Å². The number of aliphatic carboxylic acids is 1. The van der Waals surface area contributed by atoms with Crippen molar-refractivity contribution in [3.05, 3.63) is 50.5 Å². The molecule has 0 bridgehead atoms. The zero-order valence-corrected chi connectivity index (χ0v) is 13.3. The lowest BCUT2D eigenvalue weighted by atomic mass is 9.93. The molecular weight excluding hydrogens is 346 g/mol. The second kappa shape index (κ2) is 4.64. The number of aromatic nitrogens is 2. The summed E-state index contributed by atoms with van der Waals surface area (Å²) in [4.78, 5) is 13.9. The Hall–Kier alpha value is -1.73. The van der Waals surface area contributed by atoms with Crippen molar-refractivity contribution in [3.63, 3.8) is 0 Å². The van der Waals surface area contributed by atoms with E-state index in [0.29, 0.717) is 23.4 Å². The first kappa shape index (κ1) is 14.8. The summed E-state index contributed by atoms with van der Waals surface area (Å²) < 4.78 is 30.8. The Balaban J connectivity index is 1.84. The standard InChI is InChI=1S/C15H11ClF2N2O2S/c16-7-1-2-8(17)11(12(7)18)15-4-6(15)13-9(3-10(21)22)19-14(23)20(13)5-15/h1-2,6H,3-5H2,(H,19,23)(H,21,22)/t6-,15-/m0/s1. The molecule has 2 aromatic rings. The lowest BCUT2D eigenvalue weighted by Gasteiger charge is -2.16. The first-order chi connectivity index (χ1) is 10.8. The number of nitrogens with one attached hydrogen (secondary N) is 1. The number of H-pyrrole nitrogens is 1. The van der Waals surface area contributed by atoms with Gasteiger partial charge >= 0.3 is 5.97 Å². The average molecular weight is 357 g/mol. The molecule has 2 atom stereocenters. The Bertz CT molecular complexity index is 923. The zero-order chi connectivity index (χ0) is 16.5. The number of benzene rings is 1. The molecule has 1 aliphatic heterocycles. The molecule has 0 saturated heterocycles. The van der Waals surface area contributed by atoms with Crippen molar-refractivity contribution >= 4 is 29.8 Å². The molecule has 1 fully saturated rings. The van der Waals surface area contributed by atoms with E-state index in [1.54, 1.807) is 4.57 Å². The van der Waals surface area contributed by atoms with Gasteiger partial charge in [-0.1, -0.05) is 11.6 Å². The Labute approximate surface area is 139 Å². The van der Waals surface area contributed by atoms with Gasteiger partial charge in [-0.25, -0.2) is 8.78 Å². The van der Waals surface area contributed by atoms with E-state index in [0.717, 1.165) is 11.8 Å². The maximum absolute atomic E-state index is 14.4. The summed E-state index contributed by atoms with van der Waals surface area (Å²) in [5.41, 5.74) is 0.518. The van der Waals surface area contributed by atoms with E-state index >= 15 is 0 Å². The van der Waals surface area contributed by atoms with Gasteiger partial charge < -0.3 is 14.7 Å². The summed E-state index contributed by atoms with van der Waals surface area (Å²) >= 11 is 11.0. The zero-order valence-electron chi connectivity index (χ0n) is 11.7. The first-order valence-electron chi connectivity index (χ1n) is 7.02. The van der Waals surface area contributed by atoms with Gasteiger partial charge in [0.15, 0.2) is 4.77 Å². The number of hydrogen-bond donors (Lipinski definition) is 2. The molecule has 23 heavy (non-hydrogen) atoms. The number of carbonyl (C=O) groups is 1. The molecule has 8 heteroatoms. The van der Waals surface area contributed by atoms with Crippen LogP contribution in [0.25, 0.3) is 0 Å². The molecule has 1 saturated carbocycles. The van der Waals surface area contributed by atoms with E-state index in [1.165, 1.54) is 6.07 Å². The lowest BCUT2D eigenvalue weighted by Crippen LogP contribution is -2.17. The van der Waals surface area contributed by atoms with Gasteiger partial charge in [0, 0.05) is 34.8 Å². The van der Waals surface area contributed by atoms with Crippen LogP contribution in [-0.2, 0) is 23.2 Å². The van der Waals surface area contributed by atoms with Gasteiger partial charge in [-0.3, -0.25) is 4.79 Å². The lowest BCUT2D eigenvalue weighted by molar-refractivity contribution is -0.136. The quantitative estimate of drug-likeness (QED) is 0.653. The highest BCUT2D eigenvalue weighted by Crippen LogP contribution is 2.67. The van der Waals surface area contributed by atoms with Gasteiger partial charge in [-0.2, -0.15) is 0 Å². The van der Waals surface area contributed by atoms with Crippen LogP contribution in [0.5, 0.6) is 0 Å². The van der Waals surface area contributed by atoms with Gasteiger partial charge in [0.1, 0.15) is 11.6 Å². The second-order valence-electron chi connectivity index (χ2n) is 6.08. The molecule has 0 radical (unpaired) electrons. The third-order valence-corrected chi connectivity index (χ3v) is 5.43. The van der Waals surface area contributed by atoms with Gasteiger partial charge in [0.05, 0.1) is 11.4 Å². The van der Waals surface area contributed by atoms with Crippen LogP contribution in [0, 0.1) is 16.4 Å². The van der Waals surface area contributed by atoms with E-state index in [9.17, 15) is 13.6 Å². The number of rotatable bonds is 3. The molecular formula is C15H11ClF2N2O2S. The van der Waals surface area contributed by atoms with Crippen LogP contribution >= 0.6 is 23.8 Å². The van der Waals surface area contributed by atoms with E-state index in [4.69, 9.17) is 28.9 Å². The number of carboxylic acids is 1. The molecule has 4 nitrogen and oxygen atoms in total. The fraction of sp³-hybridized carbons (Fsp3) is 0.333. The third-order valence-electron chi connectivity index (χ3n) is 4.82. The minimum Gasteiger partial charge on any atom is -0.481 e. The third kappa shape index (κ3) is 1.93. The largest absolute Gasteiger partial charge is 0.481 e. The monoisotopic (exact) mass is 356 g/mol.